The van der Waals surface area contributed by atoms with Crippen LogP contribution in [0.5, 0.6) is 0 Å². The van der Waals surface area contributed by atoms with Gasteiger partial charge in [0.2, 0.25) is 10.0 Å². The first-order valence-corrected chi connectivity index (χ1v) is 11.1. The Morgan fingerprint density at radius 2 is 2.00 bits per heavy atom. The molecule has 166 valence electrons. The number of pyridine rings is 1. The van der Waals surface area contributed by atoms with Crippen molar-refractivity contribution < 1.29 is 13.2 Å². The fourth-order valence-corrected chi connectivity index (χ4v) is 3.83. The summed E-state index contributed by atoms with van der Waals surface area (Å²) in [5.41, 5.74) is -0.0754. The molecule has 1 aliphatic rings. The number of rotatable bonds is 9. The summed E-state index contributed by atoms with van der Waals surface area (Å²) in [6.45, 7) is 11.7. The Bertz CT molecular complexity index is 724. The van der Waals surface area contributed by atoms with Crippen molar-refractivity contribution in [1.82, 2.24) is 25.2 Å². The lowest BCUT2D eigenvalue weighted by atomic mass is 10.0. The zero-order valence-corrected chi connectivity index (χ0v) is 20.5. The van der Waals surface area contributed by atoms with Gasteiger partial charge in [0.25, 0.3) is 0 Å². The van der Waals surface area contributed by atoms with E-state index in [1.807, 2.05) is 6.92 Å². The van der Waals surface area contributed by atoms with Crippen LogP contribution in [0.15, 0.2) is 34.4 Å². The maximum absolute atomic E-state index is 12.2. The van der Waals surface area contributed by atoms with Crippen molar-refractivity contribution in [3.05, 3.63) is 24.5 Å². The summed E-state index contributed by atoms with van der Waals surface area (Å²) in [5.74, 6) is 0.671. The van der Waals surface area contributed by atoms with Gasteiger partial charge in [-0.25, -0.2) is 13.1 Å². The lowest BCUT2D eigenvalue weighted by molar-refractivity contribution is -0.00683. The second kappa shape index (κ2) is 12.6. The van der Waals surface area contributed by atoms with E-state index in [9.17, 15) is 8.42 Å². The third-order valence-electron chi connectivity index (χ3n) is 4.49. The lowest BCUT2D eigenvalue weighted by Crippen LogP contribution is -2.52. The fraction of sp³-hybridized carbons (Fsp3) is 0.667. The van der Waals surface area contributed by atoms with Gasteiger partial charge in [-0.3, -0.25) is 14.9 Å². The van der Waals surface area contributed by atoms with E-state index in [1.54, 1.807) is 6.07 Å². The SMILES string of the molecule is CCNC(=NCC(C)(C)N1CCOCC1)NCCNS(=O)(=O)c1cccnc1.I. The second-order valence-electron chi connectivity index (χ2n) is 7.12. The molecule has 2 rings (SSSR count). The minimum absolute atomic E-state index is 0. The molecule has 0 atom stereocenters. The van der Waals surface area contributed by atoms with Gasteiger partial charge in [0.05, 0.1) is 19.8 Å². The van der Waals surface area contributed by atoms with Crippen LogP contribution in [-0.4, -0.2) is 82.3 Å². The van der Waals surface area contributed by atoms with Crippen molar-refractivity contribution in [3.8, 4) is 0 Å². The number of ether oxygens (including phenoxy) is 1. The predicted molar refractivity (Wildman–Crippen MR) is 125 cm³/mol. The van der Waals surface area contributed by atoms with Crippen LogP contribution in [0.2, 0.25) is 0 Å². The van der Waals surface area contributed by atoms with E-state index >= 15 is 0 Å². The summed E-state index contributed by atoms with van der Waals surface area (Å²) in [5, 5.41) is 6.37. The Labute approximate surface area is 191 Å². The molecular formula is C18H33IN6O3S. The molecule has 2 heterocycles. The number of aliphatic imine (C=N–C) groups is 1. The zero-order chi connectivity index (χ0) is 20.5. The van der Waals surface area contributed by atoms with E-state index in [-0.39, 0.29) is 41.0 Å². The molecule has 1 saturated heterocycles. The molecule has 0 aliphatic carbocycles. The van der Waals surface area contributed by atoms with Crippen molar-refractivity contribution in [2.24, 2.45) is 4.99 Å². The van der Waals surface area contributed by atoms with Crippen LogP contribution in [0.4, 0.5) is 0 Å². The van der Waals surface area contributed by atoms with Gasteiger partial charge >= 0.3 is 0 Å². The number of hydrogen-bond donors (Lipinski definition) is 3. The van der Waals surface area contributed by atoms with Crippen molar-refractivity contribution in [2.75, 3.05) is 52.5 Å². The van der Waals surface area contributed by atoms with Gasteiger partial charge in [0.15, 0.2) is 5.96 Å². The summed E-state index contributed by atoms with van der Waals surface area (Å²) < 4.78 is 32.4. The van der Waals surface area contributed by atoms with Crippen LogP contribution in [-0.2, 0) is 14.8 Å². The minimum atomic E-state index is -3.55. The molecule has 9 nitrogen and oxygen atoms in total. The number of nitrogens with one attached hydrogen (secondary N) is 3. The summed E-state index contributed by atoms with van der Waals surface area (Å²) in [7, 11) is -3.55. The van der Waals surface area contributed by atoms with Gasteiger partial charge in [-0.05, 0) is 32.9 Å². The fourth-order valence-electron chi connectivity index (χ4n) is 2.84. The first kappa shape index (κ1) is 26.0. The minimum Gasteiger partial charge on any atom is -0.379 e. The first-order valence-electron chi connectivity index (χ1n) is 9.60. The summed E-state index contributed by atoms with van der Waals surface area (Å²) in [6.07, 6.45) is 2.87. The highest BCUT2D eigenvalue weighted by Crippen LogP contribution is 2.16. The van der Waals surface area contributed by atoms with Gasteiger partial charge < -0.3 is 15.4 Å². The third-order valence-corrected chi connectivity index (χ3v) is 5.94. The van der Waals surface area contributed by atoms with Crippen molar-refractivity contribution >= 4 is 40.0 Å². The molecular weight excluding hydrogens is 507 g/mol. The molecule has 0 aromatic carbocycles. The molecule has 11 heteroatoms. The number of morpholine rings is 1. The topological polar surface area (TPSA) is 108 Å². The Morgan fingerprint density at radius 3 is 2.62 bits per heavy atom. The van der Waals surface area contributed by atoms with Crippen LogP contribution in [0.1, 0.15) is 20.8 Å². The van der Waals surface area contributed by atoms with E-state index in [4.69, 9.17) is 4.74 Å². The van der Waals surface area contributed by atoms with Crippen LogP contribution >= 0.6 is 24.0 Å². The molecule has 1 aromatic rings. The molecule has 1 fully saturated rings. The quantitative estimate of drug-likeness (QED) is 0.183. The van der Waals surface area contributed by atoms with Crippen LogP contribution < -0.4 is 15.4 Å². The molecule has 0 saturated carbocycles. The van der Waals surface area contributed by atoms with Crippen LogP contribution in [0, 0.1) is 0 Å². The molecule has 0 bridgehead atoms. The maximum atomic E-state index is 12.2. The normalized spacial score (nSPS) is 16.2. The van der Waals surface area contributed by atoms with Crippen molar-refractivity contribution in [3.63, 3.8) is 0 Å². The van der Waals surface area contributed by atoms with Crippen molar-refractivity contribution in [1.29, 1.82) is 0 Å². The van der Waals surface area contributed by atoms with E-state index in [0.717, 1.165) is 32.8 Å². The number of halogens is 1. The number of aromatic nitrogens is 1. The van der Waals surface area contributed by atoms with Crippen molar-refractivity contribution in [2.45, 2.75) is 31.2 Å². The number of sulfonamides is 1. The van der Waals surface area contributed by atoms with E-state index < -0.39 is 10.0 Å². The second-order valence-corrected chi connectivity index (χ2v) is 8.89. The molecule has 29 heavy (non-hydrogen) atoms. The lowest BCUT2D eigenvalue weighted by Gasteiger charge is -2.39. The molecule has 1 aromatic heterocycles. The number of hydrogen-bond acceptors (Lipinski definition) is 6. The van der Waals surface area contributed by atoms with Gasteiger partial charge in [-0.2, -0.15) is 0 Å². The first-order chi connectivity index (χ1) is 13.3. The third kappa shape index (κ3) is 8.70. The smallest absolute Gasteiger partial charge is 0.242 e. The maximum Gasteiger partial charge on any atom is 0.242 e. The monoisotopic (exact) mass is 540 g/mol. The van der Waals surface area contributed by atoms with Gasteiger partial charge in [0.1, 0.15) is 4.90 Å². The zero-order valence-electron chi connectivity index (χ0n) is 17.3. The Hall–Kier alpha value is -1.02. The summed E-state index contributed by atoms with van der Waals surface area (Å²) in [6, 6.07) is 3.11. The van der Waals surface area contributed by atoms with Crippen LogP contribution in [0.25, 0.3) is 0 Å². The molecule has 0 unspecified atom stereocenters. The average molecular weight is 540 g/mol. The summed E-state index contributed by atoms with van der Waals surface area (Å²) in [4.78, 5) is 11.1. The number of nitrogens with zero attached hydrogens (tertiary/aromatic N) is 3. The molecule has 3 N–H and O–H groups in total. The highest BCUT2D eigenvalue weighted by molar-refractivity contribution is 14.0. The van der Waals surface area contributed by atoms with E-state index in [2.05, 4.69) is 44.1 Å². The largest absolute Gasteiger partial charge is 0.379 e. The van der Waals surface area contributed by atoms with E-state index in [1.165, 1.54) is 18.5 Å². The highest BCUT2D eigenvalue weighted by Gasteiger charge is 2.28. The molecule has 0 radical (unpaired) electrons. The predicted octanol–water partition coefficient (Wildman–Crippen LogP) is 0.644. The Kier molecular flexibility index (Phi) is 11.3. The molecule has 0 amide bonds. The number of guanidine groups is 1. The average Bonchev–Trinajstić information content (AvgIpc) is 2.70. The van der Waals surface area contributed by atoms with Gasteiger partial charge in [0, 0.05) is 50.7 Å². The Balaban J connectivity index is 0.00000420. The standard InChI is InChI=1S/C18H32N6O3S.HI/c1-4-20-17(22-15-18(2,3)24-10-12-27-13-11-24)21-8-9-23-28(25,26)16-6-5-7-19-14-16;/h5-7,14,23H,4,8-13,15H2,1-3H3,(H2,20,21,22);1H. The van der Waals surface area contributed by atoms with Gasteiger partial charge in [-0.1, -0.05) is 0 Å². The Morgan fingerprint density at radius 1 is 1.28 bits per heavy atom. The highest BCUT2D eigenvalue weighted by atomic mass is 127. The van der Waals surface area contributed by atoms with Crippen LogP contribution in [0.3, 0.4) is 0 Å². The van der Waals surface area contributed by atoms with Gasteiger partial charge in [-0.15, -0.1) is 24.0 Å². The summed E-state index contributed by atoms with van der Waals surface area (Å²) >= 11 is 0. The van der Waals surface area contributed by atoms with E-state index in [0.29, 0.717) is 19.0 Å². The molecule has 0 spiro atoms. The molecule has 1 aliphatic heterocycles.